The third-order valence-corrected chi connectivity index (χ3v) is 9.95. The SMILES string of the molecule is CCCCCCCCCCCCC(CCCCCCCCCCCC)OC(=O)CCCCCCCC(=O)CCCCCCCCC. The van der Waals surface area contributed by atoms with Gasteiger partial charge >= 0.3 is 5.97 Å². The number of carbonyl (C=O) groups excluding carboxylic acids is 2. The van der Waals surface area contributed by atoms with Crippen LogP contribution in [0.15, 0.2) is 0 Å². The maximum Gasteiger partial charge on any atom is 0.306 e. The van der Waals surface area contributed by atoms with Gasteiger partial charge in [-0.2, -0.15) is 0 Å². The Hall–Kier alpha value is -0.860. The van der Waals surface area contributed by atoms with Gasteiger partial charge in [0.05, 0.1) is 0 Å². The molecule has 0 saturated carbocycles. The first kappa shape index (κ1) is 45.1. The summed E-state index contributed by atoms with van der Waals surface area (Å²) in [5, 5.41) is 0. The predicted molar refractivity (Wildman–Crippen MR) is 203 cm³/mol. The van der Waals surface area contributed by atoms with Gasteiger partial charge in [-0.3, -0.25) is 9.59 Å². The first-order valence-electron chi connectivity index (χ1n) is 21.3. The zero-order chi connectivity index (χ0) is 33.6. The molecule has 0 spiro atoms. The monoisotopic (exact) mass is 649 g/mol. The van der Waals surface area contributed by atoms with Gasteiger partial charge in [-0.1, -0.05) is 194 Å². The molecule has 46 heavy (non-hydrogen) atoms. The Labute approximate surface area is 290 Å². The second kappa shape index (κ2) is 38.6. The minimum atomic E-state index is 0.0223. The molecule has 0 amide bonds. The van der Waals surface area contributed by atoms with E-state index in [-0.39, 0.29) is 12.1 Å². The molecule has 0 atom stereocenters. The normalized spacial score (nSPS) is 11.5. The number of ketones is 1. The highest BCUT2D eigenvalue weighted by Crippen LogP contribution is 2.19. The van der Waals surface area contributed by atoms with E-state index in [2.05, 4.69) is 20.8 Å². The maximum absolute atomic E-state index is 12.7. The molecule has 0 aromatic rings. The van der Waals surface area contributed by atoms with Crippen molar-refractivity contribution < 1.29 is 14.3 Å². The Balaban J connectivity index is 4.06. The van der Waals surface area contributed by atoms with Crippen molar-refractivity contribution in [2.24, 2.45) is 0 Å². The second-order valence-electron chi connectivity index (χ2n) is 14.7. The molecule has 0 bridgehead atoms. The van der Waals surface area contributed by atoms with Crippen molar-refractivity contribution in [1.29, 1.82) is 0 Å². The van der Waals surface area contributed by atoms with Crippen LogP contribution in [0, 0.1) is 0 Å². The minimum Gasteiger partial charge on any atom is -0.462 e. The summed E-state index contributed by atoms with van der Waals surface area (Å²) in [6, 6.07) is 0. The van der Waals surface area contributed by atoms with E-state index >= 15 is 0 Å². The Kier molecular flexibility index (Phi) is 37.9. The molecule has 0 N–H and O–H groups in total. The lowest BCUT2D eigenvalue weighted by Gasteiger charge is -2.18. The van der Waals surface area contributed by atoms with Crippen LogP contribution in [0.1, 0.15) is 258 Å². The molecular weight excluding hydrogens is 564 g/mol. The number of rotatable bonds is 39. The van der Waals surface area contributed by atoms with Crippen molar-refractivity contribution in [3.63, 3.8) is 0 Å². The molecule has 274 valence electrons. The molecule has 3 nitrogen and oxygen atoms in total. The largest absolute Gasteiger partial charge is 0.462 e. The number of unbranched alkanes of at least 4 members (excludes halogenated alkanes) is 28. The van der Waals surface area contributed by atoms with Crippen molar-refractivity contribution in [2.45, 2.75) is 264 Å². The highest BCUT2D eigenvalue weighted by Gasteiger charge is 2.14. The Morgan fingerprint density at radius 2 is 0.609 bits per heavy atom. The molecule has 0 aromatic carbocycles. The average Bonchev–Trinajstić information content (AvgIpc) is 3.05. The van der Waals surface area contributed by atoms with E-state index in [1.54, 1.807) is 0 Å². The molecule has 0 aliphatic carbocycles. The van der Waals surface area contributed by atoms with Gasteiger partial charge in [-0.05, 0) is 44.9 Å². The second-order valence-corrected chi connectivity index (χ2v) is 14.7. The number of carbonyl (C=O) groups is 2. The van der Waals surface area contributed by atoms with E-state index in [0.717, 1.165) is 64.2 Å². The van der Waals surface area contributed by atoms with E-state index in [1.165, 1.54) is 167 Å². The molecule has 0 unspecified atom stereocenters. The molecule has 0 saturated heterocycles. The fourth-order valence-corrected chi connectivity index (χ4v) is 6.75. The fourth-order valence-electron chi connectivity index (χ4n) is 6.75. The van der Waals surface area contributed by atoms with Crippen LogP contribution in [0.3, 0.4) is 0 Å². The van der Waals surface area contributed by atoms with Crippen LogP contribution in [-0.4, -0.2) is 17.9 Å². The van der Waals surface area contributed by atoms with Crippen LogP contribution >= 0.6 is 0 Å². The van der Waals surface area contributed by atoms with Crippen molar-refractivity contribution in [1.82, 2.24) is 0 Å². The number of hydrogen-bond acceptors (Lipinski definition) is 3. The zero-order valence-corrected chi connectivity index (χ0v) is 32.0. The van der Waals surface area contributed by atoms with Gasteiger partial charge in [-0.15, -0.1) is 0 Å². The smallest absolute Gasteiger partial charge is 0.306 e. The molecule has 0 rings (SSSR count). The van der Waals surface area contributed by atoms with E-state index in [9.17, 15) is 9.59 Å². The Morgan fingerprint density at radius 3 is 0.935 bits per heavy atom. The van der Waals surface area contributed by atoms with Crippen LogP contribution in [0.2, 0.25) is 0 Å². The summed E-state index contributed by atoms with van der Waals surface area (Å²) in [6.07, 6.45) is 45.4. The zero-order valence-electron chi connectivity index (χ0n) is 32.0. The third-order valence-electron chi connectivity index (χ3n) is 9.95. The van der Waals surface area contributed by atoms with E-state index in [4.69, 9.17) is 4.74 Å². The molecule has 0 aliphatic rings. The summed E-state index contributed by atoms with van der Waals surface area (Å²) >= 11 is 0. The van der Waals surface area contributed by atoms with Crippen LogP contribution in [0.4, 0.5) is 0 Å². The molecule has 0 aliphatic heterocycles. The Bertz CT molecular complexity index is 591. The molecule has 0 aromatic heterocycles. The summed E-state index contributed by atoms with van der Waals surface area (Å²) in [5.74, 6) is 0.474. The van der Waals surface area contributed by atoms with E-state index < -0.39 is 0 Å². The summed E-state index contributed by atoms with van der Waals surface area (Å²) < 4.78 is 6.07. The van der Waals surface area contributed by atoms with Crippen LogP contribution in [0.25, 0.3) is 0 Å². The lowest BCUT2D eigenvalue weighted by atomic mass is 10.0. The maximum atomic E-state index is 12.7. The standard InChI is InChI=1S/C43H84O3/c1-4-7-10-13-16-18-20-23-28-33-38-42(39-34-29-24-21-19-17-14-11-8-5-2)46-43(45)40-35-30-25-27-32-37-41(44)36-31-26-22-15-12-9-6-3/h42H,4-40H2,1-3H3. The van der Waals surface area contributed by atoms with Crippen LogP contribution in [-0.2, 0) is 14.3 Å². The fraction of sp³-hybridized carbons (Fsp3) is 0.953. The van der Waals surface area contributed by atoms with Gasteiger partial charge in [-0.25, -0.2) is 0 Å². The number of hydrogen-bond donors (Lipinski definition) is 0. The van der Waals surface area contributed by atoms with Crippen LogP contribution < -0.4 is 0 Å². The molecule has 3 heteroatoms. The summed E-state index contributed by atoms with van der Waals surface area (Å²) in [5.41, 5.74) is 0. The number of ether oxygens (including phenoxy) is 1. The highest BCUT2D eigenvalue weighted by molar-refractivity contribution is 5.78. The third kappa shape index (κ3) is 36.0. The summed E-state index contributed by atoms with van der Waals surface area (Å²) in [6.45, 7) is 6.82. The molecule has 0 radical (unpaired) electrons. The quantitative estimate of drug-likeness (QED) is 0.0492. The topological polar surface area (TPSA) is 43.4 Å². The van der Waals surface area contributed by atoms with E-state index in [0.29, 0.717) is 12.2 Å². The number of esters is 1. The first-order chi connectivity index (χ1) is 22.6. The van der Waals surface area contributed by atoms with Crippen LogP contribution in [0.5, 0.6) is 0 Å². The van der Waals surface area contributed by atoms with Crippen molar-refractivity contribution in [3.8, 4) is 0 Å². The minimum absolute atomic E-state index is 0.0223. The van der Waals surface area contributed by atoms with Crippen molar-refractivity contribution >= 4 is 11.8 Å². The van der Waals surface area contributed by atoms with Gasteiger partial charge < -0.3 is 4.74 Å². The van der Waals surface area contributed by atoms with Gasteiger partial charge in [0.2, 0.25) is 0 Å². The Morgan fingerprint density at radius 1 is 0.348 bits per heavy atom. The number of Topliss-reactive ketones (excluding diaryl/α,β-unsaturated/α-hetero) is 1. The van der Waals surface area contributed by atoms with Gasteiger partial charge in [0.15, 0.2) is 0 Å². The van der Waals surface area contributed by atoms with Crippen molar-refractivity contribution in [2.75, 3.05) is 0 Å². The van der Waals surface area contributed by atoms with Gasteiger partial charge in [0, 0.05) is 19.3 Å². The molecule has 0 fully saturated rings. The van der Waals surface area contributed by atoms with Gasteiger partial charge in [0.25, 0.3) is 0 Å². The molecular formula is C43H84O3. The first-order valence-corrected chi connectivity index (χ1v) is 21.3. The van der Waals surface area contributed by atoms with Gasteiger partial charge in [0.1, 0.15) is 11.9 Å². The summed E-state index contributed by atoms with van der Waals surface area (Å²) in [4.78, 5) is 24.9. The highest BCUT2D eigenvalue weighted by atomic mass is 16.5. The lowest BCUT2D eigenvalue weighted by molar-refractivity contribution is -0.150. The summed E-state index contributed by atoms with van der Waals surface area (Å²) in [7, 11) is 0. The lowest BCUT2D eigenvalue weighted by Crippen LogP contribution is -2.18. The predicted octanol–water partition coefficient (Wildman–Crippen LogP) is 15.0. The van der Waals surface area contributed by atoms with Crippen molar-refractivity contribution in [3.05, 3.63) is 0 Å². The average molecular weight is 649 g/mol. The molecule has 0 heterocycles. The van der Waals surface area contributed by atoms with E-state index in [1.807, 2.05) is 0 Å².